The Morgan fingerprint density at radius 3 is 2.52 bits per heavy atom. The number of nitro groups is 1. The van der Waals surface area contributed by atoms with Gasteiger partial charge in [0.1, 0.15) is 5.69 Å². The molecule has 0 aliphatic heterocycles. The van der Waals surface area contributed by atoms with E-state index >= 15 is 0 Å². The first kappa shape index (κ1) is 16.4. The summed E-state index contributed by atoms with van der Waals surface area (Å²) in [6.45, 7) is 0.0965. The average molecular weight is 296 g/mol. The smallest absolute Gasteiger partial charge is 0.411 e. The Morgan fingerprint density at radius 1 is 1.33 bits per heavy atom. The van der Waals surface area contributed by atoms with Crippen molar-refractivity contribution < 1.29 is 19.2 Å². The van der Waals surface area contributed by atoms with E-state index in [-0.39, 0.29) is 29.5 Å². The van der Waals surface area contributed by atoms with Crippen molar-refractivity contribution in [2.24, 2.45) is 0 Å². The number of anilines is 2. The molecular formula is C12H16N4O5. The second kappa shape index (κ2) is 7.20. The lowest BCUT2D eigenvalue weighted by Gasteiger charge is -2.11. The zero-order chi connectivity index (χ0) is 16.0. The average Bonchev–Trinajstić information content (AvgIpc) is 2.39. The fourth-order valence-electron chi connectivity index (χ4n) is 1.51. The van der Waals surface area contributed by atoms with Crippen molar-refractivity contribution in [1.82, 2.24) is 4.90 Å². The van der Waals surface area contributed by atoms with Crippen LogP contribution in [0.1, 0.15) is 0 Å². The first-order chi connectivity index (χ1) is 9.83. The monoisotopic (exact) mass is 296 g/mol. The lowest BCUT2D eigenvalue weighted by Crippen LogP contribution is -2.27. The highest BCUT2D eigenvalue weighted by molar-refractivity contribution is 5.95. The maximum atomic E-state index is 11.6. The van der Waals surface area contributed by atoms with Gasteiger partial charge in [0, 0.05) is 6.07 Å². The third-order valence-corrected chi connectivity index (χ3v) is 2.36. The number of nitrogens with zero attached hydrogens (tertiary/aromatic N) is 2. The van der Waals surface area contributed by atoms with Gasteiger partial charge in [-0.3, -0.25) is 20.2 Å². The summed E-state index contributed by atoms with van der Waals surface area (Å²) in [5.41, 5.74) is -0.0718. The number of likely N-dealkylation sites (N-methyl/N-ethyl adjacent to an activating group) is 1. The molecular weight excluding hydrogens is 280 g/mol. The van der Waals surface area contributed by atoms with Crippen molar-refractivity contribution in [3.63, 3.8) is 0 Å². The third kappa shape index (κ3) is 5.07. The molecule has 21 heavy (non-hydrogen) atoms. The summed E-state index contributed by atoms with van der Waals surface area (Å²) in [7, 11) is 4.59. The molecule has 1 aromatic carbocycles. The largest absolute Gasteiger partial charge is 0.453 e. The van der Waals surface area contributed by atoms with Crippen LogP contribution in [-0.4, -0.2) is 49.6 Å². The Kier molecular flexibility index (Phi) is 5.61. The minimum Gasteiger partial charge on any atom is -0.453 e. The predicted molar refractivity (Wildman–Crippen MR) is 76.3 cm³/mol. The summed E-state index contributed by atoms with van der Waals surface area (Å²) in [5, 5.41) is 15.8. The van der Waals surface area contributed by atoms with E-state index in [1.54, 1.807) is 19.0 Å². The van der Waals surface area contributed by atoms with Gasteiger partial charge >= 0.3 is 6.09 Å². The molecule has 0 saturated heterocycles. The van der Waals surface area contributed by atoms with E-state index in [4.69, 9.17) is 0 Å². The number of ether oxygens (including phenoxy) is 1. The number of hydrogen-bond acceptors (Lipinski definition) is 6. The number of nitrogens with one attached hydrogen (secondary N) is 2. The minimum absolute atomic E-state index is 0.0577. The molecule has 114 valence electrons. The summed E-state index contributed by atoms with van der Waals surface area (Å²) in [6, 6.07) is 3.91. The molecule has 0 bridgehead atoms. The highest BCUT2D eigenvalue weighted by atomic mass is 16.6. The van der Waals surface area contributed by atoms with Gasteiger partial charge in [-0.2, -0.15) is 0 Å². The van der Waals surface area contributed by atoms with Gasteiger partial charge < -0.3 is 15.0 Å². The lowest BCUT2D eigenvalue weighted by molar-refractivity contribution is -0.383. The number of benzene rings is 1. The van der Waals surface area contributed by atoms with Crippen LogP contribution in [0, 0.1) is 10.1 Å². The van der Waals surface area contributed by atoms with E-state index in [1.165, 1.54) is 19.2 Å². The van der Waals surface area contributed by atoms with Crippen LogP contribution in [0.3, 0.4) is 0 Å². The van der Waals surface area contributed by atoms with Gasteiger partial charge in [-0.05, 0) is 26.2 Å². The zero-order valence-electron chi connectivity index (χ0n) is 11.9. The standard InChI is InChI=1S/C12H16N4O5/c1-15(2)7-11(17)14-9-5-4-8(13-12(18)21-3)6-10(9)16(19)20/h4-6H,7H2,1-3H3,(H,13,18)(H,14,17). The Morgan fingerprint density at radius 2 is 2.00 bits per heavy atom. The van der Waals surface area contributed by atoms with Crippen LogP contribution in [0.4, 0.5) is 21.9 Å². The number of methoxy groups -OCH3 is 1. The Balaban J connectivity index is 2.97. The van der Waals surface area contributed by atoms with E-state index in [0.717, 1.165) is 6.07 Å². The third-order valence-electron chi connectivity index (χ3n) is 2.36. The van der Waals surface area contributed by atoms with Crippen molar-refractivity contribution in [2.45, 2.75) is 0 Å². The van der Waals surface area contributed by atoms with Gasteiger partial charge in [-0.1, -0.05) is 0 Å². The Hall–Kier alpha value is -2.68. The highest BCUT2D eigenvalue weighted by Crippen LogP contribution is 2.28. The zero-order valence-corrected chi connectivity index (χ0v) is 11.9. The van der Waals surface area contributed by atoms with E-state index in [9.17, 15) is 19.7 Å². The first-order valence-electron chi connectivity index (χ1n) is 5.91. The van der Waals surface area contributed by atoms with Crippen LogP contribution in [0.5, 0.6) is 0 Å². The summed E-state index contributed by atoms with van der Waals surface area (Å²) < 4.78 is 4.40. The summed E-state index contributed by atoms with van der Waals surface area (Å²) >= 11 is 0. The van der Waals surface area contributed by atoms with E-state index in [0.29, 0.717) is 0 Å². The number of nitro benzene ring substituents is 1. The van der Waals surface area contributed by atoms with Gasteiger partial charge in [0.25, 0.3) is 5.69 Å². The van der Waals surface area contributed by atoms with Crippen molar-refractivity contribution in [1.29, 1.82) is 0 Å². The second-order valence-corrected chi connectivity index (χ2v) is 4.39. The number of hydrogen-bond donors (Lipinski definition) is 2. The molecule has 0 spiro atoms. The number of carbonyl (C=O) groups is 2. The summed E-state index contributed by atoms with van der Waals surface area (Å²) in [5.74, 6) is -0.378. The second-order valence-electron chi connectivity index (χ2n) is 4.39. The molecule has 0 aliphatic carbocycles. The lowest BCUT2D eigenvalue weighted by atomic mass is 10.2. The van der Waals surface area contributed by atoms with E-state index in [1.807, 2.05) is 0 Å². The van der Waals surface area contributed by atoms with Crippen molar-refractivity contribution in [3.8, 4) is 0 Å². The van der Waals surface area contributed by atoms with Crippen LogP contribution >= 0.6 is 0 Å². The van der Waals surface area contributed by atoms with Gasteiger partial charge in [-0.25, -0.2) is 4.79 Å². The number of amides is 2. The van der Waals surface area contributed by atoms with Crippen LogP contribution in [-0.2, 0) is 9.53 Å². The van der Waals surface area contributed by atoms with Gasteiger partial charge in [0.2, 0.25) is 5.91 Å². The van der Waals surface area contributed by atoms with Crippen LogP contribution in [0.15, 0.2) is 18.2 Å². The van der Waals surface area contributed by atoms with Crippen LogP contribution in [0.2, 0.25) is 0 Å². The molecule has 0 radical (unpaired) electrons. The minimum atomic E-state index is -0.742. The molecule has 0 saturated carbocycles. The molecule has 0 heterocycles. The van der Waals surface area contributed by atoms with Gasteiger partial charge in [-0.15, -0.1) is 0 Å². The fraction of sp³-hybridized carbons (Fsp3) is 0.333. The molecule has 1 rings (SSSR count). The Bertz CT molecular complexity index is 559. The van der Waals surface area contributed by atoms with Crippen molar-refractivity contribution >= 4 is 29.1 Å². The topological polar surface area (TPSA) is 114 Å². The molecule has 9 heteroatoms. The summed E-state index contributed by atoms with van der Waals surface area (Å²) in [6.07, 6.45) is -0.742. The SMILES string of the molecule is COC(=O)Nc1ccc(NC(=O)CN(C)C)c([N+](=O)[O-])c1. The molecule has 0 unspecified atom stereocenters. The number of rotatable bonds is 5. The van der Waals surface area contributed by atoms with E-state index in [2.05, 4.69) is 15.4 Å². The van der Waals surface area contributed by atoms with Crippen LogP contribution < -0.4 is 10.6 Å². The highest BCUT2D eigenvalue weighted by Gasteiger charge is 2.17. The molecule has 9 nitrogen and oxygen atoms in total. The summed E-state index contributed by atoms with van der Waals surface area (Å²) in [4.78, 5) is 34.7. The Labute approximate surface area is 121 Å². The molecule has 0 atom stereocenters. The van der Waals surface area contributed by atoms with Gasteiger partial charge in [0.05, 0.1) is 24.3 Å². The maximum Gasteiger partial charge on any atom is 0.411 e. The molecule has 1 aromatic rings. The fourth-order valence-corrected chi connectivity index (χ4v) is 1.51. The van der Waals surface area contributed by atoms with Gasteiger partial charge in [0.15, 0.2) is 0 Å². The maximum absolute atomic E-state index is 11.6. The number of carbonyl (C=O) groups excluding carboxylic acids is 2. The normalized spacial score (nSPS) is 10.1. The molecule has 2 amide bonds. The van der Waals surface area contributed by atoms with E-state index < -0.39 is 11.0 Å². The van der Waals surface area contributed by atoms with Crippen molar-refractivity contribution in [3.05, 3.63) is 28.3 Å². The first-order valence-corrected chi connectivity index (χ1v) is 5.91. The van der Waals surface area contributed by atoms with Crippen molar-refractivity contribution in [2.75, 3.05) is 38.4 Å². The molecule has 0 fully saturated rings. The molecule has 0 aromatic heterocycles. The predicted octanol–water partition coefficient (Wildman–Crippen LogP) is 1.27. The molecule has 2 N–H and O–H groups in total. The molecule has 0 aliphatic rings. The quantitative estimate of drug-likeness (QED) is 0.625. The van der Waals surface area contributed by atoms with Crippen LogP contribution in [0.25, 0.3) is 0 Å².